The lowest BCUT2D eigenvalue weighted by atomic mass is 9.87. The zero-order valence-corrected chi connectivity index (χ0v) is 18.7. The van der Waals surface area contributed by atoms with Crippen molar-refractivity contribution in [2.75, 3.05) is 44.2 Å². The smallest absolute Gasteiger partial charge is 0.119 e. The summed E-state index contributed by atoms with van der Waals surface area (Å²) in [5.41, 5.74) is 2.73. The molecule has 1 saturated heterocycles. The van der Waals surface area contributed by atoms with Crippen molar-refractivity contribution < 1.29 is 9.84 Å². The van der Waals surface area contributed by atoms with E-state index in [9.17, 15) is 5.11 Å². The number of hydrogen-bond acceptors (Lipinski definition) is 4. The number of rotatable bonds is 7. The maximum atomic E-state index is 10.3. The predicted octanol–water partition coefficient (Wildman–Crippen LogP) is 4.36. The van der Waals surface area contributed by atoms with E-state index in [1.165, 1.54) is 11.3 Å². The molecule has 2 aromatic carbocycles. The van der Waals surface area contributed by atoms with Gasteiger partial charge in [0.25, 0.3) is 0 Å². The summed E-state index contributed by atoms with van der Waals surface area (Å²) in [6.07, 6.45) is 0.306. The van der Waals surface area contributed by atoms with E-state index in [0.717, 1.165) is 44.9 Å². The van der Waals surface area contributed by atoms with Crippen LogP contribution in [0.3, 0.4) is 0 Å². The SMILES string of the molecule is CC(C)(C)c1ccc(OCC(O)CCN2CCN(c3ccccc3)CC2)cc1.Cl. The molecule has 1 heterocycles. The van der Waals surface area contributed by atoms with Gasteiger partial charge in [0.05, 0.1) is 6.10 Å². The monoisotopic (exact) mass is 418 g/mol. The van der Waals surface area contributed by atoms with Crippen LogP contribution in [-0.4, -0.2) is 55.4 Å². The Labute approximate surface area is 181 Å². The molecule has 0 aromatic heterocycles. The standard InChI is InChI=1S/C24H34N2O2.ClH/c1-24(2,3)20-9-11-23(12-10-20)28-19-22(27)13-14-25-15-17-26(18-16-25)21-7-5-4-6-8-21;/h4-12,22,27H,13-19H2,1-3H3;1H. The van der Waals surface area contributed by atoms with Crippen molar-refractivity contribution in [2.45, 2.75) is 38.7 Å². The highest BCUT2D eigenvalue weighted by Crippen LogP contribution is 2.24. The Kier molecular flexibility index (Phi) is 8.81. The average molecular weight is 419 g/mol. The number of benzene rings is 2. The normalized spacial score (nSPS) is 16.2. The molecule has 1 fully saturated rings. The molecule has 0 aliphatic carbocycles. The molecule has 1 unspecified atom stereocenters. The van der Waals surface area contributed by atoms with Gasteiger partial charge in [-0.15, -0.1) is 12.4 Å². The van der Waals surface area contributed by atoms with Gasteiger partial charge >= 0.3 is 0 Å². The first kappa shape index (κ1) is 23.5. The molecule has 0 radical (unpaired) electrons. The molecule has 2 aromatic rings. The van der Waals surface area contributed by atoms with E-state index in [0.29, 0.717) is 6.61 Å². The molecule has 1 N–H and O–H groups in total. The Morgan fingerprint density at radius 3 is 2.14 bits per heavy atom. The third-order valence-corrected chi connectivity index (χ3v) is 5.43. The van der Waals surface area contributed by atoms with E-state index in [4.69, 9.17) is 4.74 Å². The number of piperazine rings is 1. The lowest BCUT2D eigenvalue weighted by Crippen LogP contribution is -2.47. The summed E-state index contributed by atoms with van der Waals surface area (Å²) in [7, 11) is 0. The first-order valence-electron chi connectivity index (χ1n) is 10.4. The second-order valence-electron chi connectivity index (χ2n) is 8.69. The fourth-order valence-corrected chi connectivity index (χ4v) is 3.53. The van der Waals surface area contributed by atoms with Crippen LogP contribution in [0, 0.1) is 0 Å². The highest BCUT2D eigenvalue weighted by molar-refractivity contribution is 5.85. The molecule has 0 bridgehead atoms. The van der Waals surface area contributed by atoms with Gasteiger partial charge in [0.15, 0.2) is 0 Å². The zero-order valence-electron chi connectivity index (χ0n) is 17.9. The molecule has 1 aliphatic rings. The van der Waals surface area contributed by atoms with Gasteiger partial charge in [0.1, 0.15) is 12.4 Å². The minimum absolute atomic E-state index is 0. The molecular formula is C24H35ClN2O2. The van der Waals surface area contributed by atoms with Crippen LogP contribution in [0.5, 0.6) is 5.75 Å². The lowest BCUT2D eigenvalue weighted by Gasteiger charge is -2.36. The highest BCUT2D eigenvalue weighted by Gasteiger charge is 2.18. The van der Waals surface area contributed by atoms with E-state index in [2.05, 4.69) is 73.0 Å². The van der Waals surface area contributed by atoms with Crippen LogP contribution in [0.4, 0.5) is 5.69 Å². The number of hydrogen-bond donors (Lipinski definition) is 1. The van der Waals surface area contributed by atoms with E-state index in [1.807, 2.05) is 12.1 Å². The second kappa shape index (κ2) is 10.9. The topological polar surface area (TPSA) is 35.9 Å². The predicted molar refractivity (Wildman–Crippen MR) is 124 cm³/mol. The van der Waals surface area contributed by atoms with Gasteiger partial charge in [-0.05, 0) is 41.7 Å². The van der Waals surface area contributed by atoms with Crippen molar-refractivity contribution in [1.29, 1.82) is 0 Å². The minimum Gasteiger partial charge on any atom is -0.491 e. The second-order valence-corrected chi connectivity index (χ2v) is 8.69. The van der Waals surface area contributed by atoms with Crippen LogP contribution < -0.4 is 9.64 Å². The number of para-hydroxylation sites is 1. The Morgan fingerprint density at radius 1 is 0.931 bits per heavy atom. The van der Waals surface area contributed by atoms with Gasteiger partial charge in [-0.2, -0.15) is 0 Å². The summed E-state index contributed by atoms with van der Waals surface area (Å²) < 4.78 is 5.77. The van der Waals surface area contributed by atoms with Crippen molar-refractivity contribution in [2.24, 2.45) is 0 Å². The lowest BCUT2D eigenvalue weighted by molar-refractivity contribution is 0.0866. The Hall–Kier alpha value is -1.75. The van der Waals surface area contributed by atoms with Crippen LogP contribution in [-0.2, 0) is 5.41 Å². The quantitative estimate of drug-likeness (QED) is 0.724. The van der Waals surface area contributed by atoms with Crippen LogP contribution >= 0.6 is 12.4 Å². The summed E-state index contributed by atoms with van der Waals surface area (Å²) in [6, 6.07) is 18.8. The van der Waals surface area contributed by atoms with Crippen LogP contribution in [0.1, 0.15) is 32.8 Å². The molecular weight excluding hydrogens is 384 g/mol. The third kappa shape index (κ3) is 7.22. The number of anilines is 1. The summed E-state index contributed by atoms with van der Waals surface area (Å²) in [6.45, 7) is 12.0. The van der Waals surface area contributed by atoms with Gasteiger partial charge in [0.2, 0.25) is 0 Å². The summed E-state index contributed by atoms with van der Waals surface area (Å²) in [4.78, 5) is 4.86. The fourth-order valence-electron chi connectivity index (χ4n) is 3.53. The molecule has 0 saturated carbocycles. The number of nitrogens with zero attached hydrogens (tertiary/aromatic N) is 2. The highest BCUT2D eigenvalue weighted by atomic mass is 35.5. The van der Waals surface area contributed by atoms with E-state index >= 15 is 0 Å². The number of ether oxygens (including phenoxy) is 1. The van der Waals surface area contributed by atoms with E-state index in [1.54, 1.807) is 0 Å². The van der Waals surface area contributed by atoms with Gasteiger partial charge < -0.3 is 14.7 Å². The molecule has 1 aliphatic heterocycles. The molecule has 0 amide bonds. The van der Waals surface area contributed by atoms with E-state index in [-0.39, 0.29) is 17.8 Å². The van der Waals surface area contributed by atoms with E-state index < -0.39 is 6.10 Å². The molecule has 29 heavy (non-hydrogen) atoms. The molecule has 4 nitrogen and oxygen atoms in total. The molecule has 3 rings (SSSR count). The van der Waals surface area contributed by atoms with Crippen molar-refractivity contribution in [1.82, 2.24) is 4.90 Å². The fraction of sp³-hybridized carbons (Fsp3) is 0.500. The van der Waals surface area contributed by atoms with Crippen molar-refractivity contribution in [3.05, 3.63) is 60.2 Å². The van der Waals surface area contributed by atoms with Gasteiger partial charge in [0, 0.05) is 38.4 Å². The maximum Gasteiger partial charge on any atom is 0.119 e. The van der Waals surface area contributed by atoms with Crippen LogP contribution in [0.25, 0.3) is 0 Å². The molecule has 1 atom stereocenters. The van der Waals surface area contributed by atoms with Gasteiger partial charge in [-0.1, -0.05) is 51.1 Å². The van der Waals surface area contributed by atoms with Crippen molar-refractivity contribution >= 4 is 18.1 Å². The molecule has 160 valence electrons. The minimum atomic E-state index is -0.436. The third-order valence-electron chi connectivity index (χ3n) is 5.43. The van der Waals surface area contributed by atoms with Gasteiger partial charge in [-0.25, -0.2) is 0 Å². The summed E-state index contributed by atoms with van der Waals surface area (Å²) in [5, 5.41) is 10.3. The first-order valence-corrected chi connectivity index (χ1v) is 10.4. The maximum absolute atomic E-state index is 10.3. The van der Waals surface area contributed by atoms with Gasteiger partial charge in [-0.3, -0.25) is 4.90 Å². The Bertz CT molecular complexity index is 708. The number of halogens is 1. The van der Waals surface area contributed by atoms with Crippen molar-refractivity contribution in [3.63, 3.8) is 0 Å². The average Bonchev–Trinajstić information content (AvgIpc) is 2.71. The van der Waals surface area contributed by atoms with Crippen LogP contribution in [0.2, 0.25) is 0 Å². The van der Waals surface area contributed by atoms with Crippen LogP contribution in [0.15, 0.2) is 54.6 Å². The Morgan fingerprint density at radius 2 is 1.55 bits per heavy atom. The molecule has 5 heteroatoms. The number of aliphatic hydroxyl groups is 1. The Balaban J connectivity index is 0.00000300. The zero-order chi connectivity index (χ0) is 20.0. The van der Waals surface area contributed by atoms with Crippen molar-refractivity contribution in [3.8, 4) is 5.75 Å². The largest absolute Gasteiger partial charge is 0.491 e. The number of aliphatic hydroxyl groups excluding tert-OH is 1. The molecule has 0 spiro atoms. The summed E-state index contributed by atoms with van der Waals surface area (Å²) >= 11 is 0. The first-order chi connectivity index (χ1) is 13.4. The summed E-state index contributed by atoms with van der Waals surface area (Å²) in [5.74, 6) is 0.823.